The Morgan fingerprint density at radius 3 is 2.00 bits per heavy atom. The number of nitrogens with one attached hydrogen (secondary N) is 1. The molecule has 0 spiro atoms. The summed E-state index contributed by atoms with van der Waals surface area (Å²) in [6, 6.07) is 14.9. The highest BCUT2D eigenvalue weighted by atomic mass is 32.2. The van der Waals surface area contributed by atoms with Crippen molar-refractivity contribution in [3.63, 3.8) is 0 Å². The molecule has 3 aromatic rings. The van der Waals surface area contributed by atoms with Gasteiger partial charge in [-0.2, -0.15) is 0 Å². The Balaban J connectivity index is 1.76. The van der Waals surface area contributed by atoms with Crippen molar-refractivity contribution in [2.45, 2.75) is 11.4 Å². The van der Waals surface area contributed by atoms with E-state index < -0.39 is 21.8 Å². The quantitative estimate of drug-likeness (QED) is 0.656. The van der Waals surface area contributed by atoms with Gasteiger partial charge in [-0.15, -0.1) is 0 Å². The summed E-state index contributed by atoms with van der Waals surface area (Å²) in [4.78, 5) is 11.0. The molecule has 5 nitrogen and oxygen atoms in total. The van der Waals surface area contributed by atoms with Crippen LogP contribution in [0.1, 0.15) is 15.9 Å². The molecular formula is C20H15F2NO4S. The molecule has 3 aromatic carbocycles. The van der Waals surface area contributed by atoms with Crippen molar-refractivity contribution >= 4 is 16.0 Å². The van der Waals surface area contributed by atoms with Crippen LogP contribution < -0.4 is 4.72 Å². The molecule has 0 radical (unpaired) electrons. The van der Waals surface area contributed by atoms with E-state index in [4.69, 9.17) is 5.11 Å². The van der Waals surface area contributed by atoms with Gasteiger partial charge in [-0.1, -0.05) is 24.3 Å². The summed E-state index contributed by atoms with van der Waals surface area (Å²) >= 11 is 0. The Labute approximate surface area is 160 Å². The van der Waals surface area contributed by atoms with Crippen molar-refractivity contribution < 1.29 is 27.1 Å². The number of hydrogen-bond acceptors (Lipinski definition) is 3. The summed E-state index contributed by atoms with van der Waals surface area (Å²) in [5.41, 5.74) is 1.37. The van der Waals surface area contributed by atoms with Gasteiger partial charge in [0.25, 0.3) is 0 Å². The number of sulfonamides is 1. The molecule has 0 fully saturated rings. The SMILES string of the molecule is O=C(O)c1cc(F)cc(CNS(=O)(=O)c2ccc(-c3ccc(F)cc3)cc2)c1. The van der Waals surface area contributed by atoms with E-state index in [0.29, 0.717) is 0 Å². The van der Waals surface area contributed by atoms with Crippen LogP contribution in [0.5, 0.6) is 0 Å². The van der Waals surface area contributed by atoms with Gasteiger partial charge in [-0.25, -0.2) is 26.7 Å². The number of carbonyl (C=O) groups is 1. The lowest BCUT2D eigenvalue weighted by Crippen LogP contribution is -2.23. The third kappa shape index (κ3) is 4.59. The fourth-order valence-corrected chi connectivity index (χ4v) is 3.62. The minimum atomic E-state index is -3.89. The normalized spacial score (nSPS) is 11.4. The van der Waals surface area contributed by atoms with Crippen LogP contribution in [0.3, 0.4) is 0 Å². The average molecular weight is 403 g/mol. The Hall–Kier alpha value is -3.10. The number of halogens is 2. The van der Waals surface area contributed by atoms with Crippen molar-refractivity contribution in [2.75, 3.05) is 0 Å². The molecule has 8 heteroatoms. The highest BCUT2D eigenvalue weighted by molar-refractivity contribution is 7.89. The molecular weight excluding hydrogens is 388 g/mol. The fourth-order valence-electron chi connectivity index (χ4n) is 2.61. The molecule has 0 aliphatic rings. The van der Waals surface area contributed by atoms with Gasteiger partial charge in [0.05, 0.1) is 10.5 Å². The van der Waals surface area contributed by atoms with E-state index in [9.17, 15) is 22.0 Å². The lowest BCUT2D eigenvalue weighted by atomic mass is 10.1. The van der Waals surface area contributed by atoms with E-state index in [-0.39, 0.29) is 28.4 Å². The number of aromatic carboxylic acids is 1. The van der Waals surface area contributed by atoms with Gasteiger partial charge < -0.3 is 5.11 Å². The van der Waals surface area contributed by atoms with Crippen LogP contribution in [0.4, 0.5) is 8.78 Å². The van der Waals surface area contributed by atoms with Crippen LogP contribution in [0.15, 0.2) is 71.6 Å². The molecule has 0 aliphatic carbocycles. The third-order valence-electron chi connectivity index (χ3n) is 4.01. The number of rotatable bonds is 6. The molecule has 0 bridgehead atoms. The van der Waals surface area contributed by atoms with Crippen LogP contribution >= 0.6 is 0 Å². The molecule has 28 heavy (non-hydrogen) atoms. The smallest absolute Gasteiger partial charge is 0.335 e. The van der Waals surface area contributed by atoms with Crippen molar-refractivity contribution in [3.8, 4) is 11.1 Å². The second kappa shape index (κ2) is 7.87. The molecule has 0 aliphatic heterocycles. The predicted octanol–water partition coefficient (Wildman–Crippen LogP) is 3.81. The van der Waals surface area contributed by atoms with Crippen LogP contribution in [-0.2, 0) is 16.6 Å². The number of hydrogen-bond donors (Lipinski definition) is 2. The van der Waals surface area contributed by atoms with Crippen molar-refractivity contribution in [3.05, 3.63) is 89.5 Å². The van der Waals surface area contributed by atoms with Gasteiger partial charge >= 0.3 is 5.97 Å². The number of carboxylic acid groups (broad SMARTS) is 1. The van der Waals surface area contributed by atoms with E-state index in [2.05, 4.69) is 4.72 Å². The molecule has 0 atom stereocenters. The van der Waals surface area contributed by atoms with E-state index in [1.54, 1.807) is 24.3 Å². The highest BCUT2D eigenvalue weighted by Gasteiger charge is 2.15. The summed E-state index contributed by atoms with van der Waals surface area (Å²) in [5.74, 6) is -2.44. The molecule has 144 valence electrons. The third-order valence-corrected chi connectivity index (χ3v) is 5.43. The minimum absolute atomic E-state index is 0.00628. The maximum absolute atomic E-state index is 13.5. The molecule has 0 heterocycles. The molecule has 0 saturated heterocycles. The van der Waals surface area contributed by atoms with Crippen LogP contribution in [0, 0.1) is 11.6 Å². The fraction of sp³-hybridized carbons (Fsp3) is 0.0500. The number of carboxylic acids is 1. The van der Waals surface area contributed by atoms with Gasteiger partial charge in [0.1, 0.15) is 11.6 Å². The van der Waals surface area contributed by atoms with Crippen LogP contribution in [0.2, 0.25) is 0 Å². The molecule has 0 amide bonds. The maximum Gasteiger partial charge on any atom is 0.335 e. The van der Waals surface area contributed by atoms with Crippen LogP contribution in [-0.4, -0.2) is 19.5 Å². The first kappa shape index (κ1) is 19.7. The second-order valence-corrected chi connectivity index (χ2v) is 7.78. The van der Waals surface area contributed by atoms with E-state index in [1.807, 2.05) is 0 Å². The molecule has 0 saturated carbocycles. The van der Waals surface area contributed by atoms with Gasteiger partial charge in [-0.05, 0) is 59.2 Å². The monoisotopic (exact) mass is 403 g/mol. The highest BCUT2D eigenvalue weighted by Crippen LogP contribution is 2.22. The maximum atomic E-state index is 13.5. The standard InChI is InChI=1S/C20H15F2NO4S/c21-17-5-1-14(2-6-17)15-3-7-19(8-4-15)28(26,27)23-12-13-9-16(20(24)25)11-18(22)10-13/h1-11,23H,12H2,(H,24,25). The zero-order valence-electron chi connectivity index (χ0n) is 14.4. The summed E-state index contributed by atoms with van der Waals surface area (Å²) in [7, 11) is -3.89. The van der Waals surface area contributed by atoms with E-state index >= 15 is 0 Å². The molecule has 2 N–H and O–H groups in total. The largest absolute Gasteiger partial charge is 0.478 e. The average Bonchev–Trinajstić information content (AvgIpc) is 2.67. The summed E-state index contributed by atoms with van der Waals surface area (Å²) in [6.45, 7) is -0.264. The summed E-state index contributed by atoms with van der Waals surface area (Å²) in [6.07, 6.45) is 0. The van der Waals surface area contributed by atoms with Crippen LogP contribution in [0.25, 0.3) is 11.1 Å². The topological polar surface area (TPSA) is 83.5 Å². The van der Waals surface area contributed by atoms with Gasteiger partial charge in [-0.3, -0.25) is 0 Å². The first-order chi connectivity index (χ1) is 13.2. The minimum Gasteiger partial charge on any atom is -0.478 e. The first-order valence-corrected chi connectivity index (χ1v) is 9.61. The van der Waals surface area contributed by atoms with Gasteiger partial charge in [0.15, 0.2) is 0 Å². The Bertz CT molecular complexity index is 1110. The van der Waals surface area contributed by atoms with E-state index in [1.165, 1.54) is 30.3 Å². The molecule has 3 rings (SSSR count). The first-order valence-electron chi connectivity index (χ1n) is 8.13. The Morgan fingerprint density at radius 2 is 1.43 bits per heavy atom. The Morgan fingerprint density at radius 1 is 0.857 bits per heavy atom. The lowest BCUT2D eigenvalue weighted by Gasteiger charge is -2.09. The number of benzene rings is 3. The molecule has 0 aromatic heterocycles. The summed E-state index contributed by atoms with van der Waals surface area (Å²) < 4.78 is 53.7. The summed E-state index contributed by atoms with van der Waals surface area (Å²) in [5, 5.41) is 8.95. The van der Waals surface area contributed by atoms with Gasteiger partial charge in [0, 0.05) is 6.54 Å². The lowest BCUT2D eigenvalue weighted by molar-refractivity contribution is 0.0696. The van der Waals surface area contributed by atoms with Gasteiger partial charge in [0.2, 0.25) is 10.0 Å². The van der Waals surface area contributed by atoms with Crippen molar-refractivity contribution in [1.29, 1.82) is 0 Å². The van der Waals surface area contributed by atoms with E-state index in [0.717, 1.165) is 23.3 Å². The van der Waals surface area contributed by atoms with Crippen molar-refractivity contribution in [1.82, 2.24) is 4.72 Å². The molecule has 0 unspecified atom stereocenters. The van der Waals surface area contributed by atoms with Crippen molar-refractivity contribution in [2.24, 2.45) is 0 Å². The zero-order valence-corrected chi connectivity index (χ0v) is 15.2. The Kier molecular flexibility index (Phi) is 5.53. The second-order valence-electron chi connectivity index (χ2n) is 6.01. The zero-order chi connectivity index (χ0) is 20.3. The predicted molar refractivity (Wildman–Crippen MR) is 99.2 cm³/mol.